The molecule has 0 bridgehead atoms. The Morgan fingerprint density at radius 1 is 0.767 bits per heavy atom. The lowest BCUT2D eigenvalue weighted by Crippen LogP contribution is -2.48. The number of aliphatic carboxylic acids is 1. The fraction of sp³-hybridized carbons (Fsp3) is 0.250. The summed E-state index contributed by atoms with van der Waals surface area (Å²) < 4.78 is 0. The Labute approximate surface area is 171 Å². The number of hydrogen-bond acceptors (Lipinski definition) is 8. The Morgan fingerprint density at radius 3 is 1.50 bits per heavy atom. The predicted octanol–water partition coefficient (Wildman–Crippen LogP) is 1.37. The molecule has 2 rings (SSSR count). The number of hydrogen-bond donors (Lipinski definition) is 6. The van der Waals surface area contributed by atoms with E-state index >= 15 is 0 Å². The maximum absolute atomic E-state index is 13.1. The Bertz CT molecular complexity index is 856. The summed E-state index contributed by atoms with van der Waals surface area (Å²) in [5.41, 5.74) is 4.78. The Morgan fingerprint density at radius 2 is 1.17 bits per heavy atom. The largest absolute Gasteiger partial charge is 0.508 e. The molecule has 0 saturated heterocycles. The van der Waals surface area contributed by atoms with E-state index in [1.54, 1.807) is 0 Å². The minimum absolute atomic E-state index is 0.0976. The van der Waals surface area contributed by atoms with Gasteiger partial charge in [-0.25, -0.2) is 4.79 Å². The van der Waals surface area contributed by atoms with E-state index in [1.165, 1.54) is 0 Å². The molecule has 0 saturated carbocycles. The molecule has 0 spiro atoms. The van der Waals surface area contributed by atoms with E-state index in [9.17, 15) is 39.9 Å². The number of nitrogens with two attached hydrogens (primary N) is 1. The van der Waals surface area contributed by atoms with Crippen LogP contribution in [-0.4, -0.2) is 60.8 Å². The highest BCUT2D eigenvalue weighted by Gasteiger charge is 2.36. The molecule has 1 atom stereocenters. The number of rotatable bonds is 8. The Balaban J connectivity index is 2.56. The molecule has 0 radical (unpaired) electrons. The third-order valence-corrected chi connectivity index (χ3v) is 4.26. The van der Waals surface area contributed by atoms with Crippen LogP contribution in [0.4, 0.5) is 0 Å². The topological polar surface area (TPSA) is 182 Å². The van der Waals surface area contributed by atoms with Gasteiger partial charge in [0.05, 0.1) is 0 Å². The van der Waals surface area contributed by atoms with Gasteiger partial charge in [-0.2, -0.15) is 0 Å². The van der Waals surface area contributed by atoms with Crippen molar-refractivity contribution < 1.29 is 39.9 Å². The van der Waals surface area contributed by atoms with Gasteiger partial charge in [-0.1, -0.05) is 0 Å². The molecule has 2 aromatic carbocycles. The van der Waals surface area contributed by atoms with Crippen LogP contribution in [0.3, 0.4) is 0 Å². The number of carbonyl (C=O) groups is 3. The first-order chi connectivity index (χ1) is 14.1. The van der Waals surface area contributed by atoms with Crippen LogP contribution < -0.4 is 5.73 Å². The maximum atomic E-state index is 13.1. The lowest BCUT2D eigenvalue weighted by Gasteiger charge is -2.27. The van der Waals surface area contributed by atoms with Gasteiger partial charge in [-0.15, -0.1) is 0 Å². The zero-order valence-electron chi connectivity index (χ0n) is 15.9. The smallest absolute Gasteiger partial charge is 0.326 e. The summed E-state index contributed by atoms with van der Waals surface area (Å²) in [6, 6.07) is 4.23. The standard InChI is InChI=1S/C20H22N2O8/c21-4-2-1-3-17(20(29)30)22(18(27)11-5-13(23)9-14(24)6-11)19(28)12-7-15(25)10-16(26)8-12/h5-10,17,23-26H,1-4,21H2,(H,29,30). The number of aromatic hydroxyl groups is 4. The Hall–Kier alpha value is -3.79. The van der Waals surface area contributed by atoms with Crippen LogP contribution >= 0.6 is 0 Å². The molecule has 2 aromatic rings. The van der Waals surface area contributed by atoms with Crippen LogP contribution in [0.2, 0.25) is 0 Å². The number of carbonyl (C=O) groups excluding carboxylic acids is 2. The number of benzene rings is 2. The quantitative estimate of drug-likeness (QED) is 0.272. The minimum Gasteiger partial charge on any atom is -0.508 e. The van der Waals surface area contributed by atoms with Crippen molar-refractivity contribution in [2.24, 2.45) is 5.73 Å². The number of imide groups is 1. The van der Waals surface area contributed by atoms with E-state index in [-0.39, 0.29) is 24.1 Å². The normalized spacial score (nSPS) is 11.6. The molecule has 0 aliphatic carbocycles. The average molecular weight is 418 g/mol. The lowest BCUT2D eigenvalue weighted by molar-refractivity contribution is -0.141. The molecule has 160 valence electrons. The highest BCUT2D eigenvalue weighted by Crippen LogP contribution is 2.26. The van der Waals surface area contributed by atoms with Gasteiger partial charge >= 0.3 is 5.97 Å². The molecule has 2 amide bonds. The minimum atomic E-state index is -1.59. The van der Waals surface area contributed by atoms with E-state index < -0.39 is 46.8 Å². The molecule has 10 heteroatoms. The number of phenolic OH excluding ortho intramolecular Hbond substituents is 4. The van der Waals surface area contributed by atoms with Crippen LogP contribution in [0.1, 0.15) is 40.0 Å². The van der Waals surface area contributed by atoms with Crippen LogP contribution in [0.5, 0.6) is 23.0 Å². The molecule has 7 N–H and O–H groups in total. The first-order valence-corrected chi connectivity index (χ1v) is 9.01. The summed E-state index contributed by atoms with van der Waals surface area (Å²) in [5, 5.41) is 48.3. The second kappa shape index (κ2) is 9.61. The number of phenols is 4. The van der Waals surface area contributed by atoms with E-state index in [0.717, 1.165) is 36.4 Å². The second-order valence-electron chi connectivity index (χ2n) is 6.59. The van der Waals surface area contributed by atoms with Gasteiger partial charge in [0, 0.05) is 23.3 Å². The monoisotopic (exact) mass is 418 g/mol. The highest BCUT2D eigenvalue weighted by molar-refractivity contribution is 6.12. The highest BCUT2D eigenvalue weighted by atomic mass is 16.4. The fourth-order valence-corrected chi connectivity index (χ4v) is 2.94. The van der Waals surface area contributed by atoms with Gasteiger partial charge in [0.25, 0.3) is 11.8 Å². The molecule has 0 fully saturated rings. The van der Waals surface area contributed by atoms with Gasteiger partial charge in [0.2, 0.25) is 0 Å². The molecular formula is C20H22N2O8. The Kier molecular flexibility index (Phi) is 7.21. The summed E-state index contributed by atoms with van der Waals surface area (Å²) in [6.45, 7) is 0.287. The molecule has 0 heterocycles. The molecule has 0 aliphatic heterocycles. The zero-order valence-corrected chi connectivity index (χ0v) is 15.9. The zero-order chi connectivity index (χ0) is 22.4. The van der Waals surface area contributed by atoms with Crippen molar-refractivity contribution in [2.75, 3.05) is 6.54 Å². The van der Waals surface area contributed by atoms with Crippen molar-refractivity contribution >= 4 is 17.8 Å². The summed E-state index contributed by atoms with van der Waals surface area (Å²) in [5.74, 6) is -5.48. The summed E-state index contributed by atoms with van der Waals surface area (Å²) >= 11 is 0. The lowest BCUT2D eigenvalue weighted by atomic mass is 10.0. The third kappa shape index (κ3) is 5.39. The van der Waals surface area contributed by atoms with Crippen LogP contribution in [0.15, 0.2) is 36.4 Å². The van der Waals surface area contributed by atoms with Gasteiger partial charge < -0.3 is 31.3 Å². The van der Waals surface area contributed by atoms with Crippen LogP contribution in [0, 0.1) is 0 Å². The van der Waals surface area contributed by atoms with Crippen molar-refractivity contribution in [3.8, 4) is 23.0 Å². The van der Waals surface area contributed by atoms with Gasteiger partial charge in [-0.05, 0) is 50.1 Å². The first kappa shape index (κ1) is 22.5. The molecule has 0 aromatic heterocycles. The summed E-state index contributed by atoms with van der Waals surface area (Å²) in [6.07, 6.45) is 0.667. The first-order valence-electron chi connectivity index (χ1n) is 9.01. The maximum Gasteiger partial charge on any atom is 0.326 e. The fourth-order valence-electron chi connectivity index (χ4n) is 2.94. The molecular weight excluding hydrogens is 396 g/mol. The average Bonchev–Trinajstić information content (AvgIpc) is 2.65. The predicted molar refractivity (Wildman–Crippen MR) is 104 cm³/mol. The molecule has 0 aliphatic rings. The van der Waals surface area contributed by atoms with Crippen molar-refractivity contribution in [1.82, 2.24) is 4.90 Å². The number of carboxylic acids is 1. The number of amides is 2. The van der Waals surface area contributed by atoms with Crippen LogP contribution in [-0.2, 0) is 4.79 Å². The van der Waals surface area contributed by atoms with Crippen molar-refractivity contribution in [3.05, 3.63) is 47.5 Å². The van der Waals surface area contributed by atoms with Crippen LogP contribution in [0.25, 0.3) is 0 Å². The van der Waals surface area contributed by atoms with E-state index in [2.05, 4.69) is 0 Å². The summed E-state index contributed by atoms with van der Waals surface area (Å²) in [4.78, 5) is 38.5. The van der Waals surface area contributed by atoms with Crippen molar-refractivity contribution in [1.29, 1.82) is 0 Å². The van der Waals surface area contributed by atoms with E-state index in [1.807, 2.05) is 0 Å². The molecule has 10 nitrogen and oxygen atoms in total. The molecule has 30 heavy (non-hydrogen) atoms. The number of nitrogens with zero attached hydrogens (tertiary/aromatic N) is 1. The van der Waals surface area contributed by atoms with E-state index in [4.69, 9.17) is 5.73 Å². The van der Waals surface area contributed by atoms with Crippen molar-refractivity contribution in [2.45, 2.75) is 25.3 Å². The van der Waals surface area contributed by atoms with Gasteiger partial charge in [0.1, 0.15) is 29.0 Å². The molecule has 1 unspecified atom stereocenters. The van der Waals surface area contributed by atoms with Gasteiger partial charge in [0.15, 0.2) is 0 Å². The number of unbranched alkanes of at least 4 members (excludes halogenated alkanes) is 1. The number of carboxylic acid groups (broad SMARTS) is 1. The summed E-state index contributed by atoms with van der Waals surface area (Å²) in [7, 11) is 0. The van der Waals surface area contributed by atoms with E-state index in [0.29, 0.717) is 17.7 Å². The second-order valence-corrected chi connectivity index (χ2v) is 6.59. The SMILES string of the molecule is NCCCCC(C(=O)O)N(C(=O)c1cc(O)cc(O)c1)C(=O)c1cc(O)cc(O)c1. The van der Waals surface area contributed by atoms with Crippen molar-refractivity contribution in [3.63, 3.8) is 0 Å². The van der Waals surface area contributed by atoms with Gasteiger partial charge in [-0.3, -0.25) is 14.5 Å². The third-order valence-electron chi connectivity index (χ3n) is 4.26.